The van der Waals surface area contributed by atoms with E-state index in [1.807, 2.05) is 23.5 Å². The zero-order valence-corrected chi connectivity index (χ0v) is 15.0. The lowest BCUT2D eigenvalue weighted by Crippen LogP contribution is -2.40. The Kier molecular flexibility index (Phi) is 3.79. The van der Waals surface area contributed by atoms with Gasteiger partial charge in [0.1, 0.15) is 11.9 Å². The van der Waals surface area contributed by atoms with E-state index < -0.39 is 0 Å². The van der Waals surface area contributed by atoms with E-state index in [1.54, 1.807) is 7.11 Å². The highest BCUT2D eigenvalue weighted by atomic mass is 16.7. The second kappa shape index (κ2) is 6.06. The van der Waals surface area contributed by atoms with Gasteiger partial charge in [-0.1, -0.05) is 6.08 Å². The van der Waals surface area contributed by atoms with Crippen molar-refractivity contribution in [2.75, 3.05) is 13.7 Å². The highest BCUT2D eigenvalue weighted by Gasteiger charge is 2.57. The van der Waals surface area contributed by atoms with Gasteiger partial charge in [-0.05, 0) is 37.3 Å². The van der Waals surface area contributed by atoms with Gasteiger partial charge in [0.05, 0.1) is 30.9 Å². The van der Waals surface area contributed by atoms with Crippen molar-refractivity contribution < 1.29 is 14.7 Å². The number of hydrogen-bond acceptors (Lipinski definition) is 6. The van der Waals surface area contributed by atoms with Crippen molar-refractivity contribution in [3.63, 3.8) is 0 Å². The molecule has 5 rings (SSSR count). The molecule has 1 N–H and O–H groups in total. The van der Waals surface area contributed by atoms with Crippen molar-refractivity contribution in [3.8, 4) is 0 Å². The molecule has 26 heavy (non-hydrogen) atoms. The van der Waals surface area contributed by atoms with Crippen LogP contribution in [-0.4, -0.2) is 46.0 Å². The zero-order valence-electron chi connectivity index (χ0n) is 15.0. The van der Waals surface area contributed by atoms with Crippen LogP contribution in [0, 0.1) is 11.3 Å². The Morgan fingerprint density at radius 1 is 1.27 bits per heavy atom. The molecule has 0 saturated heterocycles. The number of aliphatic hydroxyl groups is 1. The van der Waals surface area contributed by atoms with Crippen molar-refractivity contribution in [3.05, 3.63) is 47.9 Å². The Morgan fingerprint density at radius 3 is 2.92 bits per heavy atom. The first-order valence-electron chi connectivity index (χ1n) is 9.55. The van der Waals surface area contributed by atoms with E-state index >= 15 is 0 Å². The maximum atomic E-state index is 10.4. The quantitative estimate of drug-likeness (QED) is 0.879. The molecular formula is C20H25N3O3. The van der Waals surface area contributed by atoms with Crippen LogP contribution < -0.4 is 0 Å². The summed E-state index contributed by atoms with van der Waals surface area (Å²) in [6.07, 6.45) is 12.2. The van der Waals surface area contributed by atoms with E-state index in [-0.39, 0.29) is 23.5 Å². The highest BCUT2D eigenvalue weighted by Crippen LogP contribution is 2.60. The molecule has 1 aromatic heterocycles. The molecule has 0 bridgehead atoms. The van der Waals surface area contributed by atoms with Crippen LogP contribution in [-0.2, 0) is 9.57 Å². The first-order valence-corrected chi connectivity index (χ1v) is 9.55. The number of nitrogens with zero attached hydrogens (tertiary/aromatic N) is 3. The van der Waals surface area contributed by atoms with E-state index in [9.17, 15) is 5.11 Å². The van der Waals surface area contributed by atoms with Gasteiger partial charge in [-0.25, -0.2) is 9.97 Å². The number of aliphatic hydroxyl groups excluding tert-OH is 1. The Balaban J connectivity index is 1.58. The topological polar surface area (TPSA) is 67.7 Å². The van der Waals surface area contributed by atoms with Crippen LogP contribution in [0.4, 0.5) is 0 Å². The van der Waals surface area contributed by atoms with Gasteiger partial charge in [0, 0.05) is 36.9 Å². The molecule has 6 heteroatoms. The van der Waals surface area contributed by atoms with E-state index in [4.69, 9.17) is 9.57 Å². The molecule has 1 fully saturated rings. The number of ether oxygens (including phenoxy) is 1. The molecule has 138 valence electrons. The summed E-state index contributed by atoms with van der Waals surface area (Å²) in [6, 6.07) is 1.87. The zero-order chi connectivity index (χ0) is 17.7. The lowest BCUT2D eigenvalue weighted by Gasteiger charge is -2.42. The molecule has 3 heterocycles. The second-order valence-electron chi connectivity index (χ2n) is 7.96. The summed E-state index contributed by atoms with van der Waals surface area (Å²) in [5, 5.41) is 12.3. The minimum absolute atomic E-state index is 0.129. The molecule has 1 aromatic rings. The number of hydrogen-bond donors (Lipinski definition) is 1. The number of hydroxylamine groups is 2. The molecule has 2 aliphatic heterocycles. The standard InChI is InChI=1S/C20H25N3O3/c1-25-23-8-5-20-11-13(19-21-6-2-7-22-19)3-4-17(20)26-16-10-15(24)9-14(12-23)18(16)20/h2,5-8,13-15,17,24H,3-4,9-12H2,1H3/t13?,14-,15+,17+,20?/m1/s1. The first-order chi connectivity index (χ1) is 12.7. The van der Waals surface area contributed by atoms with Crippen LogP contribution >= 0.6 is 0 Å². The van der Waals surface area contributed by atoms with Crippen molar-refractivity contribution in [1.82, 2.24) is 15.0 Å². The largest absolute Gasteiger partial charge is 0.493 e. The normalized spacial score (nSPS) is 38.5. The lowest BCUT2D eigenvalue weighted by atomic mass is 9.60. The third-order valence-electron chi connectivity index (χ3n) is 6.53. The van der Waals surface area contributed by atoms with Crippen LogP contribution in [0.5, 0.6) is 0 Å². The van der Waals surface area contributed by atoms with E-state index in [0.29, 0.717) is 12.3 Å². The summed E-state index contributed by atoms with van der Waals surface area (Å²) in [5.41, 5.74) is 1.26. The van der Waals surface area contributed by atoms with Crippen LogP contribution in [0.15, 0.2) is 42.1 Å². The van der Waals surface area contributed by atoms with Crippen molar-refractivity contribution in [1.29, 1.82) is 0 Å². The minimum Gasteiger partial charge on any atom is -0.493 e. The van der Waals surface area contributed by atoms with E-state index in [2.05, 4.69) is 22.2 Å². The van der Waals surface area contributed by atoms with Crippen molar-refractivity contribution >= 4 is 0 Å². The minimum atomic E-state index is -0.332. The van der Waals surface area contributed by atoms with Gasteiger partial charge in [0.2, 0.25) is 0 Å². The van der Waals surface area contributed by atoms with Gasteiger partial charge in [0.15, 0.2) is 0 Å². The van der Waals surface area contributed by atoms with Gasteiger partial charge in [-0.3, -0.25) is 9.90 Å². The molecule has 2 unspecified atom stereocenters. The summed E-state index contributed by atoms with van der Waals surface area (Å²) < 4.78 is 6.42. The molecule has 1 saturated carbocycles. The summed E-state index contributed by atoms with van der Waals surface area (Å²) in [6.45, 7) is 0.757. The third kappa shape index (κ3) is 2.39. The smallest absolute Gasteiger partial charge is 0.131 e. The van der Waals surface area contributed by atoms with Gasteiger partial charge in [0.25, 0.3) is 0 Å². The van der Waals surface area contributed by atoms with E-state index in [1.165, 1.54) is 5.57 Å². The molecule has 0 aromatic carbocycles. The molecule has 4 aliphatic rings. The molecule has 2 aliphatic carbocycles. The molecule has 0 radical (unpaired) electrons. The average molecular weight is 355 g/mol. The summed E-state index contributed by atoms with van der Waals surface area (Å²) in [7, 11) is 1.70. The second-order valence-corrected chi connectivity index (χ2v) is 7.96. The third-order valence-corrected chi connectivity index (χ3v) is 6.53. The van der Waals surface area contributed by atoms with Crippen LogP contribution in [0.1, 0.15) is 43.8 Å². The molecule has 0 amide bonds. The molecule has 6 nitrogen and oxygen atoms in total. The maximum absolute atomic E-state index is 10.4. The van der Waals surface area contributed by atoms with Crippen molar-refractivity contribution in [2.45, 2.75) is 50.2 Å². The maximum Gasteiger partial charge on any atom is 0.131 e. The Morgan fingerprint density at radius 2 is 2.12 bits per heavy atom. The first kappa shape index (κ1) is 16.3. The number of rotatable bonds is 2. The molecule has 1 spiro atoms. The van der Waals surface area contributed by atoms with Crippen LogP contribution in [0.3, 0.4) is 0 Å². The van der Waals surface area contributed by atoms with Gasteiger partial charge < -0.3 is 9.84 Å². The van der Waals surface area contributed by atoms with E-state index in [0.717, 1.165) is 43.8 Å². The number of aromatic nitrogens is 2. The SMILES string of the molecule is CON1C=CC23CC(c4ncccn4)CC[C@@H]2OC2=C3[C@H](C[C@H](O)C2)C1. The fourth-order valence-corrected chi connectivity index (χ4v) is 5.51. The average Bonchev–Trinajstić information content (AvgIpc) is 2.89. The summed E-state index contributed by atoms with van der Waals surface area (Å²) >= 11 is 0. The summed E-state index contributed by atoms with van der Waals surface area (Å²) in [5.74, 6) is 2.54. The van der Waals surface area contributed by atoms with Crippen molar-refractivity contribution in [2.24, 2.45) is 11.3 Å². The predicted molar refractivity (Wildman–Crippen MR) is 94.5 cm³/mol. The Bertz CT molecular complexity index is 750. The lowest BCUT2D eigenvalue weighted by molar-refractivity contribution is -0.0967. The van der Waals surface area contributed by atoms with Gasteiger partial charge in [-0.15, -0.1) is 0 Å². The van der Waals surface area contributed by atoms with Gasteiger partial charge >= 0.3 is 0 Å². The monoisotopic (exact) mass is 355 g/mol. The Labute approximate surface area is 153 Å². The summed E-state index contributed by atoms with van der Waals surface area (Å²) in [4.78, 5) is 14.6. The fraction of sp³-hybridized carbons (Fsp3) is 0.600. The van der Waals surface area contributed by atoms with Gasteiger partial charge in [-0.2, -0.15) is 0 Å². The Hall–Kier alpha value is -1.92. The predicted octanol–water partition coefficient (Wildman–Crippen LogP) is 2.55. The highest BCUT2D eigenvalue weighted by molar-refractivity contribution is 5.39. The van der Waals surface area contributed by atoms with Crippen LogP contribution in [0.2, 0.25) is 0 Å². The fourth-order valence-electron chi connectivity index (χ4n) is 5.51. The molecule has 5 atom stereocenters. The molecular weight excluding hydrogens is 330 g/mol. The van der Waals surface area contributed by atoms with Crippen LogP contribution in [0.25, 0.3) is 0 Å².